The third kappa shape index (κ3) is 2.36. The summed E-state index contributed by atoms with van der Waals surface area (Å²) in [6.45, 7) is 0.947. The quantitative estimate of drug-likeness (QED) is 0.927. The number of carbonyl (C=O) groups is 1. The molecular formula is C19H17NO5. The van der Waals surface area contributed by atoms with Crippen LogP contribution in [0.5, 0.6) is 23.0 Å². The van der Waals surface area contributed by atoms with Crippen LogP contribution in [0.2, 0.25) is 0 Å². The highest BCUT2D eigenvalue weighted by Crippen LogP contribution is 2.50. The lowest BCUT2D eigenvalue weighted by Gasteiger charge is -2.16. The van der Waals surface area contributed by atoms with E-state index < -0.39 is 5.41 Å². The van der Waals surface area contributed by atoms with Gasteiger partial charge in [0.05, 0.1) is 5.41 Å². The number of amides is 1. The first-order chi connectivity index (χ1) is 12.2. The lowest BCUT2D eigenvalue weighted by molar-refractivity contribution is -0.123. The van der Waals surface area contributed by atoms with Gasteiger partial charge < -0.3 is 24.3 Å². The molecule has 1 N–H and O–H groups in total. The van der Waals surface area contributed by atoms with Crippen molar-refractivity contribution in [2.24, 2.45) is 0 Å². The molecule has 0 unspecified atom stereocenters. The van der Waals surface area contributed by atoms with E-state index >= 15 is 0 Å². The van der Waals surface area contributed by atoms with Gasteiger partial charge in [0.15, 0.2) is 23.0 Å². The number of benzene rings is 2. The van der Waals surface area contributed by atoms with E-state index in [2.05, 4.69) is 5.32 Å². The molecule has 0 spiro atoms. The van der Waals surface area contributed by atoms with Gasteiger partial charge in [0.25, 0.3) is 0 Å². The molecular weight excluding hydrogens is 322 g/mol. The van der Waals surface area contributed by atoms with Gasteiger partial charge in [-0.2, -0.15) is 0 Å². The van der Waals surface area contributed by atoms with Gasteiger partial charge >= 0.3 is 0 Å². The van der Waals surface area contributed by atoms with E-state index in [1.807, 2.05) is 36.4 Å². The summed E-state index contributed by atoms with van der Waals surface area (Å²) in [7, 11) is 0. The van der Waals surface area contributed by atoms with E-state index in [1.54, 1.807) is 0 Å². The van der Waals surface area contributed by atoms with Crippen molar-refractivity contribution in [2.75, 3.05) is 13.6 Å². The Labute approximate surface area is 144 Å². The summed E-state index contributed by atoms with van der Waals surface area (Å²) < 4.78 is 21.5. The fourth-order valence-electron chi connectivity index (χ4n) is 3.37. The molecule has 1 fully saturated rings. The van der Waals surface area contributed by atoms with Crippen LogP contribution >= 0.6 is 0 Å². The highest BCUT2D eigenvalue weighted by Gasteiger charge is 2.51. The van der Waals surface area contributed by atoms with Crippen LogP contribution in [0.25, 0.3) is 0 Å². The summed E-state index contributed by atoms with van der Waals surface area (Å²) in [4.78, 5) is 12.8. The second-order valence-corrected chi connectivity index (χ2v) is 6.52. The molecule has 1 aliphatic carbocycles. The van der Waals surface area contributed by atoms with Gasteiger partial charge in [0, 0.05) is 6.54 Å². The maximum Gasteiger partial charge on any atom is 0.231 e. The topological polar surface area (TPSA) is 66.0 Å². The van der Waals surface area contributed by atoms with Gasteiger partial charge in [-0.1, -0.05) is 12.1 Å². The van der Waals surface area contributed by atoms with E-state index in [0.29, 0.717) is 12.3 Å². The van der Waals surface area contributed by atoms with Crippen LogP contribution in [0.4, 0.5) is 0 Å². The highest BCUT2D eigenvalue weighted by molar-refractivity contribution is 5.91. The molecule has 1 saturated carbocycles. The monoisotopic (exact) mass is 339 g/mol. The zero-order valence-electron chi connectivity index (χ0n) is 13.5. The third-order valence-corrected chi connectivity index (χ3v) is 5.00. The first-order valence-electron chi connectivity index (χ1n) is 8.32. The molecule has 0 atom stereocenters. The number of fused-ring (bicyclic) bond motifs is 2. The van der Waals surface area contributed by atoms with E-state index in [9.17, 15) is 4.79 Å². The maximum atomic E-state index is 12.8. The Balaban J connectivity index is 1.31. The molecule has 6 heteroatoms. The average Bonchev–Trinajstić information content (AvgIpc) is 3.10. The minimum atomic E-state index is -0.447. The van der Waals surface area contributed by atoms with Gasteiger partial charge in [-0.05, 0) is 48.2 Å². The van der Waals surface area contributed by atoms with Crippen LogP contribution in [0.1, 0.15) is 24.0 Å². The second kappa shape index (κ2) is 5.31. The van der Waals surface area contributed by atoms with Gasteiger partial charge in [-0.15, -0.1) is 0 Å². The number of hydrogen-bond donors (Lipinski definition) is 1. The molecule has 128 valence electrons. The van der Waals surface area contributed by atoms with Crippen molar-refractivity contribution in [3.63, 3.8) is 0 Å². The van der Waals surface area contributed by atoms with Crippen molar-refractivity contribution in [3.05, 3.63) is 47.5 Å². The van der Waals surface area contributed by atoms with Crippen LogP contribution in [-0.2, 0) is 16.8 Å². The molecule has 0 aromatic heterocycles. The molecule has 5 rings (SSSR count). The van der Waals surface area contributed by atoms with Crippen LogP contribution in [0.3, 0.4) is 0 Å². The van der Waals surface area contributed by atoms with E-state index in [4.69, 9.17) is 18.9 Å². The van der Waals surface area contributed by atoms with Crippen LogP contribution < -0.4 is 24.3 Å². The van der Waals surface area contributed by atoms with Crippen molar-refractivity contribution >= 4 is 5.91 Å². The van der Waals surface area contributed by atoms with Crippen molar-refractivity contribution < 1.29 is 23.7 Å². The van der Waals surface area contributed by atoms with Gasteiger partial charge in [-0.25, -0.2) is 0 Å². The number of nitrogens with one attached hydrogen (secondary N) is 1. The zero-order chi connectivity index (χ0) is 16.9. The SMILES string of the molecule is O=C(NCc1ccc2c(c1)OCO2)C1(c2ccc3c(c2)OCO3)CC1. The predicted molar refractivity (Wildman–Crippen MR) is 87.9 cm³/mol. The minimum absolute atomic E-state index is 0.0454. The summed E-state index contributed by atoms with van der Waals surface area (Å²) >= 11 is 0. The third-order valence-electron chi connectivity index (χ3n) is 5.00. The number of ether oxygens (including phenoxy) is 4. The van der Waals surface area contributed by atoms with Gasteiger partial charge in [0.2, 0.25) is 19.5 Å². The van der Waals surface area contributed by atoms with E-state index in [-0.39, 0.29) is 19.5 Å². The summed E-state index contributed by atoms with van der Waals surface area (Å²) in [5, 5.41) is 3.05. The number of carbonyl (C=O) groups excluding carboxylic acids is 1. The first-order valence-corrected chi connectivity index (χ1v) is 8.32. The zero-order valence-corrected chi connectivity index (χ0v) is 13.5. The van der Waals surface area contributed by atoms with Crippen molar-refractivity contribution in [2.45, 2.75) is 24.8 Å². The fraction of sp³-hybridized carbons (Fsp3) is 0.316. The lowest BCUT2D eigenvalue weighted by Crippen LogP contribution is -2.34. The van der Waals surface area contributed by atoms with Crippen molar-refractivity contribution in [1.29, 1.82) is 0 Å². The van der Waals surface area contributed by atoms with E-state index in [0.717, 1.165) is 41.2 Å². The lowest BCUT2D eigenvalue weighted by atomic mass is 9.94. The molecule has 25 heavy (non-hydrogen) atoms. The molecule has 6 nitrogen and oxygen atoms in total. The molecule has 2 aliphatic heterocycles. The normalized spacial score (nSPS) is 18.1. The number of rotatable bonds is 4. The van der Waals surface area contributed by atoms with Gasteiger partial charge in [0.1, 0.15) is 0 Å². The number of hydrogen-bond acceptors (Lipinski definition) is 5. The predicted octanol–water partition coefficient (Wildman–Crippen LogP) is 2.49. The molecule has 2 aromatic carbocycles. The van der Waals surface area contributed by atoms with E-state index in [1.165, 1.54) is 0 Å². The summed E-state index contributed by atoms with van der Waals surface area (Å²) in [6, 6.07) is 11.5. The molecule has 2 aromatic rings. The Bertz CT molecular complexity index is 859. The fourth-order valence-corrected chi connectivity index (χ4v) is 3.37. The Hall–Kier alpha value is -2.89. The largest absolute Gasteiger partial charge is 0.454 e. The van der Waals surface area contributed by atoms with Crippen LogP contribution in [0, 0.1) is 0 Å². The molecule has 0 saturated heterocycles. The Kier molecular flexibility index (Phi) is 3.07. The highest BCUT2D eigenvalue weighted by atomic mass is 16.7. The Morgan fingerprint density at radius 2 is 1.52 bits per heavy atom. The van der Waals surface area contributed by atoms with Crippen molar-refractivity contribution in [3.8, 4) is 23.0 Å². The minimum Gasteiger partial charge on any atom is -0.454 e. The summed E-state index contributed by atoms with van der Waals surface area (Å²) in [5.74, 6) is 2.97. The first kappa shape index (κ1) is 14.5. The molecule has 2 heterocycles. The van der Waals surface area contributed by atoms with Crippen LogP contribution in [-0.4, -0.2) is 19.5 Å². The summed E-state index contributed by atoms with van der Waals surface area (Å²) in [6.07, 6.45) is 1.69. The standard InChI is InChI=1S/C19H17NO5/c21-18(20-9-12-1-3-14-16(7-12)24-10-22-14)19(5-6-19)13-2-4-15-17(8-13)25-11-23-15/h1-4,7-8H,5-6,9-11H2,(H,20,21). The molecule has 0 bridgehead atoms. The Morgan fingerprint density at radius 3 is 2.24 bits per heavy atom. The van der Waals surface area contributed by atoms with Crippen LogP contribution in [0.15, 0.2) is 36.4 Å². The molecule has 1 amide bonds. The Morgan fingerprint density at radius 1 is 0.880 bits per heavy atom. The average molecular weight is 339 g/mol. The summed E-state index contributed by atoms with van der Waals surface area (Å²) in [5.41, 5.74) is 1.52. The molecule has 0 radical (unpaired) electrons. The maximum absolute atomic E-state index is 12.8. The van der Waals surface area contributed by atoms with Gasteiger partial charge in [-0.3, -0.25) is 4.79 Å². The molecule has 3 aliphatic rings. The van der Waals surface area contributed by atoms with Crippen molar-refractivity contribution in [1.82, 2.24) is 5.32 Å². The smallest absolute Gasteiger partial charge is 0.231 e. The second-order valence-electron chi connectivity index (χ2n) is 6.52.